The predicted octanol–water partition coefficient (Wildman–Crippen LogP) is 3.52. The van der Waals surface area contributed by atoms with Gasteiger partial charge in [0.25, 0.3) is 5.91 Å². The normalized spacial score (nSPS) is 19.2. The highest BCUT2D eigenvalue weighted by atomic mass is 35.5. The zero-order chi connectivity index (χ0) is 27.4. The van der Waals surface area contributed by atoms with Gasteiger partial charge in [-0.3, -0.25) is 9.69 Å². The van der Waals surface area contributed by atoms with Crippen LogP contribution in [0.4, 0.5) is 19.0 Å². The summed E-state index contributed by atoms with van der Waals surface area (Å²) in [5, 5.41) is 10.5. The lowest BCUT2D eigenvalue weighted by molar-refractivity contribution is -0.145. The number of anilines is 1. The minimum absolute atomic E-state index is 0.114. The third-order valence-electron chi connectivity index (χ3n) is 7.03. The predicted molar refractivity (Wildman–Crippen MR) is 141 cm³/mol. The van der Waals surface area contributed by atoms with E-state index in [4.69, 9.17) is 16.3 Å². The molecule has 2 aliphatic rings. The van der Waals surface area contributed by atoms with Gasteiger partial charge >= 0.3 is 6.18 Å². The van der Waals surface area contributed by atoms with E-state index in [1.807, 2.05) is 17.0 Å². The zero-order valence-electron chi connectivity index (χ0n) is 21.1. The molecule has 2 aromatic heterocycles. The van der Waals surface area contributed by atoms with E-state index in [1.165, 1.54) is 0 Å². The van der Waals surface area contributed by atoms with Crippen molar-refractivity contribution in [1.82, 2.24) is 30.5 Å². The third-order valence-corrected chi connectivity index (χ3v) is 7.35. The maximum absolute atomic E-state index is 13.4. The molecule has 4 heterocycles. The van der Waals surface area contributed by atoms with Crippen LogP contribution in [0, 0.1) is 5.92 Å². The molecule has 5 rings (SSSR count). The topological polar surface area (TPSA) is 104 Å². The number of rotatable bonds is 8. The highest BCUT2D eigenvalue weighted by molar-refractivity contribution is 6.35. The van der Waals surface area contributed by atoms with Gasteiger partial charge in [0.05, 0.1) is 35.4 Å². The molecule has 2 fully saturated rings. The minimum atomic E-state index is -4.64. The summed E-state index contributed by atoms with van der Waals surface area (Å²) in [6, 6.07) is 6.61. The molecule has 2 saturated heterocycles. The summed E-state index contributed by atoms with van der Waals surface area (Å²) in [5.74, 6) is -0.350. The van der Waals surface area contributed by atoms with Gasteiger partial charge in [-0.2, -0.15) is 13.2 Å². The van der Waals surface area contributed by atoms with Crippen molar-refractivity contribution in [3.05, 3.63) is 58.6 Å². The second-order valence-electron chi connectivity index (χ2n) is 9.64. The molecule has 3 N–H and O–H groups in total. The molecule has 13 heteroatoms. The van der Waals surface area contributed by atoms with Gasteiger partial charge in [-0.15, -0.1) is 0 Å². The Kier molecular flexibility index (Phi) is 8.46. The molecule has 0 radical (unpaired) electrons. The van der Waals surface area contributed by atoms with Crippen molar-refractivity contribution in [2.45, 2.75) is 18.6 Å². The van der Waals surface area contributed by atoms with E-state index in [1.54, 1.807) is 12.1 Å². The highest BCUT2D eigenvalue weighted by Gasteiger charge is 2.35. The number of pyridine rings is 1. The van der Waals surface area contributed by atoms with Crippen LogP contribution in [-0.2, 0) is 10.9 Å². The van der Waals surface area contributed by atoms with Gasteiger partial charge < -0.3 is 20.7 Å². The van der Waals surface area contributed by atoms with Gasteiger partial charge in [-0.05, 0) is 49.7 Å². The van der Waals surface area contributed by atoms with Gasteiger partial charge in [0, 0.05) is 49.5 Å². The fraction of sp³-hybridized carbons (Fsp3) is 0.462. The number of morpholine rings is 1. The summed E-state index contributed by atoms with van der Waals surface area (Å²) in [4.78, 5) is 27.1. The van der Waals surface area contributed by atoms with Crippen LogP contribution in [0.5, 0.6) is 0 Å². The summed E-state index contributed by atoms with van der Waals surface area (Å²) < 4.78 is 44.4. The van der Waals surface area contributed by atoms with Gasteiger partial charge in [0.15, 0.2) is 0 Å². The Hall–Kier alpha value is -3.06. The molecule has 0 saturated carbocycles. The largest absolute Gasteiger partial charge is 0.451 e. The van der Waals surface area contributed by atoms with Crippen LogP contribution in [-0.4, -0.2) is 78.2 Å². The van der Waals surface area contributed by atoms with Crippen molar-refractivity contribution < 1.29 is 22.7 Å². The average Bonchev–Trinajstić information content (AvgIpc) is 3.46. The number of nitrogens with zero attached hydrogens (tertiary/aromatic N) is 4. The molecule has 9 nitrogen and oxygen atoms in total. The first-order valence-electron chi connectivity index (χ1n) is 12.8. The highest BCUT2D eigenvalue weighted by Crippen LogP contribution is 2.29. The number of benzene rings is 1. The van der Waals surface area contributed by atoms with E-state index in [-0.39, 0.29) is 17.1 Å². The Morgan fingerprint density at radius 1 is 1.18 bits per heavy atom. The van der Waals surface area contributed by atoms with E-state index in [9.17, 15) is 18.0 Å². The average molecular weight is 564 g/mol. The fourth-order valence-corrected chi connectivity index (χ4v) is 5.18. The van der Waals surface area contributed by atoms with Crippen LogP contribution in [0.1, 0.15) is 34.2 Å². The lowest BCUT2D eigenvalue weighted by Crippen LogP contribution is -2.44. The van der Waals surface area contributed by atoms with Crippen molar-refractivity contribution in [2.24, 2.45) is 5.92 Å². The molecule has 0 bridgehead atoms. The van der Waals surface area contributed by atoms with Crippen molar-refractivity contribution in [1.29, 1.82) is 0 Å². The van der Waals surface area contributed by atoms with Crippen LogP contribution in [0.2, 0.25) is 5.02 Å². The number of carbonyl (C=O) groups excluding carboxylic acids is 1. The molecule has 2 atom stereocenters. The molecule has 1 unspecified atom stereocenters. The second-order valence-corrected chi connectivity index (χ2v) is 10.0. The summed E-state index contributed by atoms with van der Waals surface area (Å²) in [6.07, 6.45) is -1.20. The monoisotopic (exact) mass is 563 g/mol. The molecule has 2 aliphatic heterocycles. The van der Waals surface area contributed by atoms with Gasteiger partial charge in [0.1, 0.15) is 5.82 Å². The number of hydrogen-bond donors (Lipinski definition) is 3. The number of carbonyl (C=O) groups is 1. The number of fused-ring (bicyclic) bond motifs is 1. The number of hydrogen-bond acceptors (Lipinski definition) is 8. The van der Waals surface area contributed by atoms with E-state index < -0.39 is 23.9 Å². The van der Waals surface area contributed by atoms with Crippen LogP contribution in [0.3, 0.4) is 0 Å². The summed E-state index contributed by atoms with van der Waals surface area (Å²) in [5.41, 5.74) is 1.38. The third kappa shape index (κ3) is 6.57. The van der Waals surface area contributed by atoms with E-state index in [0.29, 0.717) is 48.7 Å². The van der Waals surface area contributed by atoms with Crippen molar-refractivity contribution in [3.63, 3.8) is 0 Å². The van der Waals surface area contributed by atoms with Crippen molar-refractivity contribution >= 4 is 34.2 Å². The minimum Gasteiger partial charge on any atom is -0.379 e. The Labute approximate surface area is 228 Å². The first kappa shape index (κ1) is 27.5. The molecule has 0 spiro atoms. The summed E-state index contributed by atoms with van der Waals surface area (Å²) in [7, 11) is 0. The SMILES string of the molecule is O=C(NCC(c1cnc(C(F)(F)F)nc1)N1CCOCC1)c1c(Cl)ccc2nc(NC[C@H]3CCNC3)ccc12. The van der Waals surface area contributed by atoms with Crippen LogP contribution in [0.15, 0.2) is 36.7 Å². The first-order chi connectivity index (χ1) is 18.8. The Balaban J connectivity index is 1.33. The van der Waals surface area contributed by atoms with Crippen LogP contribution >= 0.6 is 11.6 Å². The molecule has 1 amide bonds. The number of amides is 1. The Morgan fingerprint density at radius 2 is 1.95 bits per heavy atom. The standard InChI is InChI=1S/C26H29ClF3N7O2/c27-19-2-3-20-18(1-4-22(36-20)32-12-16-5-6-31-11-16)23(19)24(38)33-15-21(37-7-9-39-10-8-37)17-13-34-25(35-14-17)26(28,29)30/h1-4,13-14,16,21,31H,5-12,15H2,(H,32,36)(H,33,38)/t16-,21?/m0/s1. The molecular formula is C26H29ClF3N7O2. The fourth-order valence-electron chi connectivity index (χ4n) is 4.93. The maximum atomic E-state index is 13.4. The zero-order valence-corrected chi connectivity index (χ0v) is 21.9. The second kappa shape index (κ2) is 12.0. The molecule has 3 aromatic rings. The van der Waals surface area contributed by atoms with Crippen molar-refractivity contribution in [2.75, 3.05) is 57.8 Å². The van der Waals surface area contributed by atoms with E-state index in [0.717, 1.165) is 44.3 Å². The van der Waals surface area contributed by atoms with Gasteiger partial charge in [-0.25, -0.2) is 15.0 Å². The van der Waals surface area contributed by atoms with Gasteiger partial charge in [-0.1, -0.05) is 11.6 Å². The Bertz CT molecular complexity index is 1300. The van der Waals surface area contributed by atoms with Crippen molar-refractivity contribution in [3.8, 4) is 0 Å². The quantitative estimate of drug-likeness (QED) is 0.382. The Morgan fingerprint density at radius 3 is 2.64 bits per heavy atom. The molecule has 208 valence electrons. The summed E-state index contributed by atoms with van der Waals surface area (Å²) >= 11 is 6.46. The molecule has 0 aliphatic carbocycles. The number of alkyl halides is 3. The van der Waals surface area contributed by atoms with Crippen LogP contribution < -0.4 is 16.0 Å². The van der Waals surface area contributed by atoms with E-state index in [2.05, 4.69) is 30.9 Å². The molecule has 1 aromatic carbocycles. The molecule has 39 heavy (non-hydrogen) atoms. The lowest BCUT2D eigenvalue weighted by atomic mass is 10.1. The first-order valence-corrected chi connectivity index (χ1v) is 13.2. The number of ether oxygens (including phenoxy) is 1. The van der Waals surface area contributed by atoms with Crippen LogP contribution in [0.25, 0.3) is 10.9 Å². The number of nitrogens with one attached hydrogen (secondary N) is 3. The number of halogens is 4. The smallest absolute Gasteiger partial charge is 0.379 e. The molecular weight excluding hydrogens is 535 g/mol. The number of aromatic nitrogens is 3. The summed E-state index contributed by atoms with van der Waals surface area (Å²) in [6.45, 7) is 4.96. The lowest BCUT2D eigenvalue weighted by Gasteiger charge is -2.34. The maximum Gasteiger partial charge on any atom is 0.451 e. The van der Waals surface area contributed by atoms with Gasteiger partial charge in [0.2, 0.25) is 5.82 Å². The van der Waals surface area contributed by atoms with E-state index >= 15 is 0 Å².